The molecule has 0 amide bonds. The van der Waals surface area contributed by atoms with Gasteiger partial charge in [0, 0.05) is 12.1 Å². The van der Waals surface area contributed by atoms with Crippen LogP contribution in [0, 0.1) is 4.84 Å². The van der Waals surface area contributed by atoms with Crippen molar-refractivity contribution in [1.29, 1.82) is 0 Å². The minimum atomic E-state index is 0.0191. The maximum atomic E-state index is 5.90. The summed E-state index contributed by atoms with van der Waals surface area (Å²) in [5.74, 6) is 2.02. The Balaban J connectivity index is 1.51. The Morgan fingerprint density at radius 3 is 2.40 bits per heavy atom. The number of benzene rings is 3. The van der Waals surface area contributed by atoms with Crippen molar-refractivity contribution in [2.24, 2.45) is 0 Å². The summed E-state index contributed by atoms with van der Waals surface area (Å²) in [7, 11) is 3.35. The van der Waals surface area contributed by atoms with Gasteiger partial charge in [-0.1, -0.05) is 49.4 Å². The van der Waals surface area contributed by atoms with E-state index in [1.807, 2.05) is 18.2 Å². The van der Waals surface area contributed by atoms with E-state index in [1.165, 1.54) is 22.3 Å². The zero-order valence-electron chi connectivity index (χ0n) is 20.2. The lowest BCUT2D eigenvalue weighted by atomic mass is 9.88. The number of ether oxygens (including phenoxy) is 2. The molecule has 0 radical (unpaired) electrons. The van der Waals surface area contributed by atoms with Crippen molar-refractivity contribution in [3.05, 3.63) is 93.8 Å². The van der Waals surface area contributed by atoms with Gasteiger partial charge in [-0.25, -0.2) is 4.68 Å². The van der Waals surface area contributed by atoms with E-state index in [9.17, 15) is 0 Å². The van der Waals surface area contributed by atoms with Gasteiger partial charge in [-0.2, -0.15) is 0 Å². The fourth-order valence-corrected chi connectivity index (χ4v) is 4.92. The molecular formula is C28H29N3O3S. The van der Waals surface area contributed by atoms with Crippen LogP contribution in [0.1, 0.15) is 35.2 Å². The second-order valence-corrected chi connectivity index (χ2v) is 9.00. The lowest BCUT2D eigenvalue weighted by molar-refractivity contribution is 0.153. The number of rotatable bonds is 7. The van der Waals surface area contributed by atoms with Crippen molar-refractivity contribution >= 4 is 12.2 Å². The number of hydrogen-bond acceptors (Lipinski definition) is 6. The lowest BCUT2D eigenvalue weighted by Crippen LogP contribution is -2.37. The summed E-state index contributed by atoms with van der Waals surface area (Å²) in [6.07, 6.45) is 1.88. The highest BCUT2D eigenvalue weighted by atomic mass is 32.1. The maximum Gasteiger partial charge on any atom is 0.288 e. The maximum absolute atomic E-state index is 5.90. The van der Waals surface area contributed by atoms with Crippen LogP contribution in [-0.2, 0) is 19.5 Å². The van der Waals surface area contributed by atoms with Crippen LogP contribution >= 0.6 is 12.2 Å². The molecule has 4 aromatic rings. The Bertz CT molecular complexity index is 1360. The van der Waals surface area contributed by atoms with Gasteiger partial charge >= 0.3 is 0 Å². The Labute approximate surface area is 210 Å². The van der Waals surface area contributed by atoms with Gasteiger partial charge in [-0.05, 0) is 71.6 Å². The molecule has 0 aliphatic carbocycles. The number of hydrogen-bond donors (Lipinski definition) is 0. The van der Waals surface area contributed by atoms with Gasteiger partial charge < -0.3 is 13.9 Å². The molecule has 2 heterocycles. The van der Waals surface area contributed by atoms with Crippen LogP contribution in [0.2, 0.25) is 0 Å². The first-order chi connectivity index (χ1) is 17.1. The van der Waals surface area contributed by atoms with Crippen LogP contribution in [0.5, 0.6) is 11.5 Å². The van der Waals surface area contributed by atoms with E-state index in [-0.39, 0.29) is 6.04 Å². The third kappa shape index (κ3) is 4.61. The topological polar surface area (TPSA) is 52.7 Å². The van der Waals surface area contributed by atoms with Crippen molar-refractivity contribution < 1.29 is 13.9 Å². The first-order valence-electron chi connectivity index (χ1n) is 11.8. The molecule has 7 heteroatoms. The van der Waals surface area contributed by atoms with Crippen LogP contribution in [0.15, 0.2) is 71.1 Å². The molecule has 3 aromatic carbocycles. The van der Waals surface area contributed by atoms with Crippen LogP contribution < -0.4 is 9.47 Å². The van der Waals surface area contributed by atoms with Crippen molar-refractivity contribution in [1.82, 2.24) is 14.7 Å². The van der Waals surface area contributed by atoms with E-state index < -0.39 is 0 Å². The minimum absolute atomic E-state index is 0.0191. The minimum Gasteiger partial charge on any atom is -0.493 e. The Morgan fingerprint density at radius 1 is 1.00 bits per heavy atom. The molecule has 0 N–H and O–H groups in total. The monoisotopic (exact) mass is 487 g/mol. The Morgan fingerprint density at radius 2 is 1.71 bits per heavy atom. The van der Waals surface area contributed by atoms with Crippen molar-refractivity contribution in [2.75, 3.05) is 20.8 Å². The summed E-state index contributed by atoms with van der Waals surface area (Å²) in [6, 6.07) is 23.0. The van der Waals surface area contributed by atoms with E-state index in [1.54, 1.807) is 18.9 Å². The summed E-state index contributed by atoms with van der Waals surface area (Å²) >= 11 is 5.57. The molecule has 0 spiro atoms. The molecule has 0 saturated carbocycles. The van der Waals surface area contributed by atoms with Gasteiger partial charge in [-0.3, -0.25) is 4.90 Å². The molecule has 1 aliphatic heterocycles. The third-order valence-corrected chi connectivity index (χ3v) is 6.91. The zero-order valence-corrected chi connectivity index (χ0v) is 21.0. The summed E-state index contributed by atoms with van der Waals surface area (Å²) in [5.41, 5.74) is 5.86. The largest absolute Gasteiger partial charge is 0.493 e. The van der Waals surface area contributed by atoms with Crippen molar-refractivity contribution in [2.45, 2.75) is 32.5 Å². The average molecular weight is 488 g/mol. The highest BCUT2D eigenvalue weighted by molar-refractivity contribution is 7.71. The van der Waals surface area contributed by atoms with Gasteiger partial charge in [0.1, 0.15) is 0 Å². The zero-order chi connectivity index (χ0) is 24.4. The van der Waals surface area contributed by atoms with Crippen LogP contribution in [0.3, 0.4) is 0 Å². The third-order valence-electron chi connectivity index (χ3n) is 6.62. The predicted octanol–water partition coefficient (Wildman–Crippen LogP) is 6.06. The molecule has 1 aliphatic rings. The van der Waals surface area contributed by atoms with Gasteiger partial charge in [0.25, 0.3) is 4.84 Å². The highest BCUT2D eigenvalue weighted by Gasteiger charge is 2.31. The van der Waals surface area contributed by atoms with E-state index in [4.69, 9.17) is 31.2 Å². The molecule has 0 unspecified atom stereocenters. The fraction of sp³-hybridized carbons (Fsp3) is 0.286. The Hall–Kier alpha value is -3.42. The quantitative estimate of drug-likeness (QED) is 0.296. The molecule has 6 nitrogen and oxygen atoms in total. The second kappa shape index (κ2) is 10.1. The van der Waals surface area contributed by atoms with Gasteiger partial charge in [0.15, 0.2) is 11.5 Å². The lowest BCUT2D eigenvalue weighted by Gasteiger charge is -2.37. The molecule has 1 atom stereocenters. The number of methoxy groups -OCH3 is 2. The van der Waals surface area contributed by atoms with E-state index in [0.29, 0.717) is 17.4 Å². The molecule has 180 valence electrons. The summed E-state index contributed by atoms with van der Waals surface area (Å²) < 4.78 is 18.9. The second-order valence-electron chi connectivity index (χ2n) is 8.65. The highest BCUT2D eigenvalue weighted by Crippen LogP contribution is 2.41. The average Bonchev–Trinajstić information content (AvgIpc) is 3.28. The van der Waals surface area contributed by atoms with Gasteiger partial charge in [0.05, 0.1) is 26.9 Å². The number of fused-ring (bicyclic) bond motifs is 1. The number of aromatic nitrogens is 2. The van der Waals surface area contributed by atoms with Crippen LogP contribution in [-0.4, -0.2) is 35.4 Å². The van der Waals surface area contributed by atoms with E-state index in [2.05, 4.69) is 60.4 Å². The van der Waals surface area contributed by atoms with Crippen LogP contribution in [0.4, 0.5) is 0 Å². The number of aryl methyl sites for hydroxylation is 1. The molecule has 1 aromatic heterocycles. The van der Waals surface area contributed by atoms with Crippen molar-refractivity contribution in [3.63, 3.8) is 0 Å². The summed E-state index contributed by atoms with van der Waals surface area (Å²) in [4.78, 5) is 2.75. The normalized spacial score (nSPS) is 15.6. The molecule has 0 bridgehead atoms. The summed E-state index contributed by atoms with van der Waals surface area (Å²) in [6.45, 7) is 3.50. The SMILES string of the molecule is CCc1ccc(-c2nn(CN3CCc4cc(OC)c(OC)cc4[C@@H]3c3ccccc3)c(=S)o2)cc1. The smallest absolute Gasteiger partial charge is 0.288 e. The van der Waals surface area contributed by atoms with E-state index >= 15 is 0 Å². The number of nitrogens with zero attached hydrogens (tertiary/aromatic N) is 3. The molecule has 5 rings (SSSR count). The van der Waals surface area contributed by atoms with Gasteiger partial charge in [0.2, 0.25) is 5.89 Å². The first kappa shape index (κ1) is 23.3. The predicted molar refractivity (Wildman–Crippen MR) is 138 cm³/mol. The molecule has 35 heavy (non-hydrogen) atoms. The summed E-state index contributed by atoms with van der Waals surface area (Å²) in [5, 5.41) is 4.73. The van der Waals surface area contributed by atoms with Gasteiger partial charge in [-0.15, -0.1) is 5.10 Å². The Kier molecular flexibility index (Phi) is 6.70. The first-order valence-corrected chi connectivity index (χ1v) is 12.2. The fourth-order valence-electron chi connectivity index (χ4n) is 4.74. The standard InChI is InChI=1S/C28H29N3O3S/c1-4-19-10-12-21(13-11-19)27-29-31(28(35)34-27)18-30-15-14-22-16-24(32-2)25(33-3)17-23(22)26(30)20-8-6-5-7-9-20/h5-13,16-17,26H,4,14-15,18H2,1-3H3/t26-/m0/s1. The van der Waals surface area contributed by atoms with E-state index in [0.717, 1.165) is 36.4 Å². The van der Waals surface area contributed by atoms with Crippen LogP contribution in [0.25, 0.3) is 11.5 Å². The van der Waals surface area contributed by atoms with Crippen molar-refractivity contribution in [3.8, 4) is 23.0 Å². The molecule has 0 saturated heterocycles. The molecule has 0 fully saturated rings. The molecular weight excluding hydrogens is 458 g/mol.